The molecule has 1 aliphatic carbocycles. The number of carbonyl (C=O) groups is 2. The summed E-state index contributed by atoms with van der Waals surface area (Å²) in [7, 11) is 0. The Kier molecular flexibility index (Phi) is 4.84. The van der Waals surface area contributed by atoms with Gasteiger partial charge >= 0.3 is 0 Å². The SMILES string of the molecule is Cc1cc(Cl)cc(C(=O)Nc2cccc(Oc3ccnc4c3CC(=O)C4)c2)c1. The number of pyridine rings is 1. The number of fused-ring (bicyclic) bond motifs is 1. The van der Waals surface area contributed by atoms with Crippen molar-refractivity contribution < 1.29 is 14.3 Å². The molecule has 1 aliphatic rings. The summed E-state index contributed by atoms with van der Waals surface area (Å²) in [5.41, 5.74) is 3.60. The molecular formula is C22H17ClN2O3. The number of halogens is 1. The Morgan fingerprint density at radius 1 is 1.14 bits per heavy atom. The summed E-state index contributed by atoms with van der Waals surface area (Å²) in [5.74, 6) is 1.06. The van der Waals surface area contributed by atoms with Gasteiger partial charge in [0, 0.05) is 46.9 Å². The van der Waals surface area contributed by atoms with E-state index in [9.17, 15) is 9.59 Å². The zero-order valence-corrected chi connectivity index (χ0v) is 15.9. The highest BCUT2D eigenvalue weighted by Gasteiger charge is 2.23. The second-order valence-electron chi connectivity index (χ2n) is 6.73. The van der Waals surface area contributed by atoms with E-state index in [-0.39, 0.29) is 11.7 Å². The average molecular weight is 393 g/mol. The van der Waals surface area contributed by atoms with E-state index < -0.39 is 0 Å². The molecule has 2 aromatic carbocycles. The third-order valence-electron chi connectivity index (χ3n) is 4.46. The summed E-state index contributed by atoms with van der Waals surface area (Å²) in [4.78, 5) is 28.5. The van der Waals surface area contributed by atoms with Crippen LogP contribution in [-0.4, -0.2) is 16.7 Å². The van der Waals surface area contributed by atoms with Gasteiger partial charge in [0.2, 0.25) is 0 Å². The fraction of sp³-hybridized carbons (Fsp3) is 0.136. The molecule has 0 spiro atoms. The molecule has 0 radical (unpaired) electrons. The molecule has 0 saturated carbocycles. The number of ketones is 1. The Morgan fingerprint density at radius 3 is 2.82 bits per heavy atom. The number of Topliss-reactive ketones (excluding diaryl/α,β-unsaturated/α-hetero) is 1. The summed E-state index contributed by atoms with van der Waals surface area (Å²) in [6.07, 6.45) is 2.32. The fourth-order valence-corrected chi connectivity index (χ4v) is 3.52. The first-order chi connectivity index (χ1) is 13.5. The number of rotatable bonds is 4. The first-order valence-corrected chi connectivity index (χ1v) is 9.20. The average Bonchev–Trinajstić information content (AvgIpc) is 3.02. The quantitative estimate of drug-likeness (QED) is 0.695. The van der Waals surface area contributed by atoms with E-state index in [4.69, 9.17) is 16.3 Å². The predicted molar refractivity (Wildman–Crippen MR) is 107 cm³/mol. The van der Waals surface area contributed by atoms with Gasteiger partial charge in [-0.2, -0.15) is 0 Å². The van der Waals surface area contributed by atoms with E-state index in [1.165, 1.54) is 0 Å². The van der Waals surface area contributed by atoms with Gasteiger partial charge in [0.1, 0.15) is 17.3 Å². The van der Waals surface area contributed by atoms with Crippen molar-refractivity contribution in [1.82, 2.24) is 4.98 Å². The molecule has 1 amide bonds. The number of ether oxygens (including phenoxy) is 1. The number of carbonyl (C=O) groups excluding carboxylic acids is 2. The lowest BCUT2D eigenvalue weighted by Crippen LogP contribution is -2.12. The highest BCUT2D eigenvalue weighted by atomic mass is 35.5. The van der Waals surface area contributed by atoms with Crippen LogP contribution in [0.5, 0.6) is 11.5 Å². The van der Waals surface area contributed by atoms with Crippen molar-refractivity contribution >= 4 is 29.0 Å². The third-order valence-corrected chi connectivity index (χ3v) is 4.68. The molecule has 6 heteroatoms. The maximum Gasteiger partial charge on any atom is 0.255 e. The molecule has 28 heavy (non-hydrogen) atoms. The van der Waals surface area contributed by atoms with E-state index in [2.05, 4.69) is 10.3 Å². The van der Waals surface area contributed by atoms with E-state index in [0.717, 1.165) is 16.8 Å². The van der Waals surface area contributed by atoms with Crippen LogP contribution in [0.4, 0.5) is 5.69 Å². The van der Waals surface area contributed by atoms with Crippen molar-refractivity contribution in [2.75, 3.05) is 5.32 Å². The molecular weight excluding hydrogens is 376 g/mol. The van der Waals surface area contributed by atoms with Crippen LogP contribution < -0.4 is 10.1 Å². The molecule has 0 atom stereocenters. The summed E-state index contributed by atoms with van der Waals surface area (Å²) >= 11 is 6.04. The minimum Gasteiger partial charge on any atom is -0.457 e. The third kappa shape index (κ3) is 3.89. The summed E-state index contributed by atoms with van der Waals surface area (Å²) in [6.45, 7) is 1.88. The topological polar surface area (TPSA) is 68.3 Å². The van der Waals surface area contributed by atoms with E-state index in [0.29, 0.717) is 40.6 Å². The van der Waals surface area contributed by atoms with Gasteiger partial charge in [-0.3, -0.25) is 14.6 Å². The van der Waals surface area contributed by atoms with Crippen LogP contribution in [0.1, 0.15) is 27.2 Å². The standard InChI is InChI=1S/C22H17ClN2O3/c1-13-7-14(9-15(23)8-13)22(27)25-16-3-2-4-18(10-16)28-21-5-6-24-20-12-17(26)11-19(20)21/h2-10H,11-12H2,1H3,(H,25,27). The minimum atomic E-state index is -0.252. The molecule has 0 bridgehead atoms. The summed E-state index contributed by atoms with van der Waals surface area (Å²) < 4.78 is 5.97. The van der Waals surface area contributed by atoms with Crippen molar-refractivity contribution in [3.05, 3.63) is 82.1 Å². The molecule has 0 aliphatic heterocycles. The lowest BCUT2D eigenvalue weighted by atomic mass is 10.1. The number of nitrogens with one attached hydrogen (secondary N) is 1. The fourth-order valence-electron chi connectivity index (χ4n) is 3.23. The largest absolute Gasteiger partial charge is 0.457 e. The van der Waals surface area contributed by atoms with Gasteiger partial charge in [-0.1, -0.05) is 17.7 Å². The minimum absolute atomic E-state index is 0.136. The smallest absolute Gasteiger partial charge is 0.255 e. The molecule has 4 rings (SSSR count). The molecule has 5 nitrogen and oxygen atoms in total. The zero-order valence-electron chi connectivity index (χ0n) is 15.2. The molecule has 1 aromatic heterocycles. The van der Waals surface area contributed by atoms with E-state index >= 15 is 0 Å². The predicted octanol–water partition coefficient (Wildman–Crippen LogP) is 4.76. The Bertz CT molecular complexity index is 1070. The molecule has 0 unspecified atom stereocenters. The van der Waals surface area contributed by atoms with Gasteiger partial charge in [0.05, 0.1) is 5.69 Å². The number of nitrogens with zero attached hydrogens (tertiary/aromatic N) is 1. The molecule has 0 saturated heterocycles. The van der Waals surface area contributed by atoms with Crippen molar-refractivity contribution in [2.45, 2.75) is 19.8 Å². The molecule has 0 fully saturated rings. The van der Waals surface area contributed by atoms with Gasteiger partial charge in [0.25, 0.3) is 5.91 Å². The first-order valence-electron chi connectivity index (χ1n) is 8.83. The molecule has 3 aromatic rings. The van der Waals surface area contributed by atoms with Gasteiger partial charge < -0.3 is 10.1 Å². The van der Waals surface area contributed by atoms with Gasteiger partial charge in [-0.15, -0.1) is 0 Å². The monoisotopic (exact) mass is 392 g/mol. The van der Waals surface area contributed by atoms with Crippen LogP contribution in [-0.2, 0) is 17.6 Å². The number of amides is 1. The van der Waals surface area contributed by atoms with Gasteiger partial charge in [-0.25, -0.2) is 0 Å². The maximum absolute atomic E-state index is 12.5. The second-order valence-corrected chi connectivity index (χ2v) is 7.16. The van der Waals surface area contributed by atoms with Crippen LogP contribution in [0.25, 0.3) is 0 Å². The normalized spacial score (nSPS) is 12.6. The molecule has 1 heterocycles. The zero-order chi connectivity index (χ0) is 19.7. The van der Waals surface area contributed by atoms with Crippen molar-refractivity contribution in [3.63, 3.8) is 0 Å². The molecule has 140 valence electrons. The number of benzene rings is 2. The Morgan fingerprint density at radius 2 is 2.00 bits per heavy atom. The Hall–Kier alpha value is -3.18. The Labute approximate surface area is 167 Å². The Balaban J connectivity index is 1.53. The summed E-state index contributed by atoms with van der Waals surface area (Å²) in [6, 6.07) is 14.0. The highest BCUT2D eigenvalue weighted by Crippen LogP contribution is 2.32. The number of hydrogen-bond donors (Lipinski definition) is 1. The van der Waals surface area contributed by atoms with Crippen molar-refractivity contribution in [1.29, 1.82) is 0 Å². The number of aromatic nitrogens is 1. The first kappa shape index (κ1) is 18.2. The number of aryl methyl sites for hydroxylation is 1. The molecule has 1 N–H and O–H groups in total. The van der Waals surface area contributed by atoms with E-state index in [1.807, 2.05) is 6.92 Å². The van der Waals surface area contributed by atoms with Crippen LogP contribution in [0.3, 0.4) is 0 Å². The van der Waals surface area contributed by atoms with Crippen molar-refractivity contribution in [3.8, 4) is 11.5 Å². The highest BCUT2D eigenvalue weighted by molar-refractivity contribution is 6.31. The van der Waals surface area contributed by atoms with Crippen molar-refractivity contribution in [2.24, 2.45) is 0 Å². The number of anilines is 1. The number of hydrogen-bond acceptors (Lipinski definition) is 4. The summed E-state index contributed by atoms with van der Waals surface area (Å²) in [5, 5.41) is 3.37. The second kappa shape index (κ2) is 7.44. The van der Waals surface area contributed by atoms with Gasteiger partial charge in [-0.05, 0) is 48.9 Å². The maximum atomic E-state index is 12.5. The van der Waals surface area contributed by atoms with E-state index in [1.54, 1.807) is 54.7 Å². The van der Waals surface area contributed by atoms with Crippen LogP contribution in [0.15, 0.2) is 54.7 Å². The van der Waals surface area contributed by atoms with Crippen LogP contribution in [0.2, 0.25) is 5.02 Å². The van der Waals surface area contributed by atoms with Crippen LogP contribution in [0, 0.1) is 6.92 Å². The van der Waals surface area contributed by atoms with Gasteiger partial charge in [0.15, 0.2) is 0 Å². The lowest BCUT2D eigenvalue weighted by molar-refractivity contribution is -0.117. The van der Waals surface area contributed by atoms with Crippen LogP contribution >= 0.6 is 11.6 Å². The lowest BCUT2D eigenvalue weighted by Gasteiger charge is -2.11.